The Hall–Kier alpha value is -0.870. The molecule has 0 aromatic carbocycles. The van der Waals surface area contributed by atoms with Gasteiger partial charge in [-0.3, -0.25) is 4.90 Å². The van der Waals surface area contributed by atoms with Gasteiger partial charge in [0, 0.05) is 18.7 Å². The van der Waals surface area contributed by atoms with Crippen molar-refractivity contribution in [1.82, 2.24) is 15.4 Å². The van der Waals surface area contributed by atoms with Gasteiger partial charge in [-0.2, -0.15) is 0 Å². The van der Waals surface area contributed by atoms with Gasteiger partial charge in [-0.05, 0) is 25.9 Å². The zero-order valence-corrected chi connectivity index (χ0v) is 13.6. The zero-order valence-electron chi connectivity index (χ0n) is 13.6. The summed E-state index contributed by atoms with van der Waals surface area (Å²) >= 11 is 0. The molecule has 1 heterocycles. The van der Waals surface area contributed by atoms with Crippen molar-refractivity contribution < 1.29 is 4.52 Å². The summed E-state index contributed by atoms with van der Waals surface area (Å²) in [7, 11) is 0. The zero-order chi connectivity index (χ0) is 14.8. The van der Waals surface area contributed by atoms with Crippen molar-refractivity contribution in [2.75, 3.05) is 13.1 Å². The lowest BCUT2D eigenvalue weighted by molar-refractivity contribution is 0.224. The van der Waals surface area contributed by atoms with E-state index in [9.17, 15) is 0 Å². The maximum Gasteiger partial charge on any atom is 0.151 e. The molecule has 0 spiro atoms. The van der Waals surface area contributed by atoms with Crippen LogP contribution in [0.4, 0.5) is 0 Å². The lowest BCUT2D eigenvalue weighted by Gasteiger charge is -2.20. The molecule has 0 fully saturated rings. The van der Waals surface area contributed by atoms with E-state index in [-0.39, 0.29) is 0 Å². The smallest absolute Gasteiger partial charge is 0.151 e. The maximum atomic E-state index is 5.46. The monoisotopic (exact) mass is 281 g/mol. The first-order valence-corrected chi connectivity index (χ1v) is 8.05. The molecule has 4 nitrogen and oxygen atoms in total. The van der Waals surface area contributed by atoms with Crippen molar-refractivity contribution in [3.05, 3.63) is 17.5 Å². The fourth-order valence-corrected chi connectivity index (χ4v) is 2.08. The van der Waals surface area contributed by atoms with E-state index >= 15 is 0 Å². The van der Waals surface area contributed by atoms with Crippen molar-refractivity contribution >= 4 is 0 Å². The van der Waals surface area contributed by atoms with Crippen LogP contribution in [0.2, 0.25) is 0 Å². The second kappa shape index (κ2) is 9.94. The highest BCUT2D eigenvalue weighted by Crippen LogP contribution is 2.10. The molecule has 0 amide bonds. The molecule has 116 valence electrons. The van der Waals surface area contributed by atoms with Gasteiger partial charge in [0.25, 0.3) is 0 Å². The van der Waals surface area contributed by atoms with Crippen LogP contribution in [-0.4, -0.2) is 29.2 Å². The van der Waals surface area contributed by atoms with E-state index in [1.54, 1.807) is 0 Å². The standard InChI is InChI=1S/C16H31N3O/c1-5-7-9-19(10-8-6-2)13-16-11-15(18-20-16)12-17-14(3)4/h11,14,17H,5-10,12-13H2,1-4H3. The van der Waals surface area contributed by atoms with Crippen molar-refractivity contribution in [3.8, 4) is 0 Å². The summed E-state index contributed by atoms with van der Waals surface area (Å²) in [5, 5.41) is 7.50. The Morgan fingerprint density at radius 2 is 1.85 bits per heavy atom. The summed E-state index contributed by atoms with van der Waals surface area (Å²) in [6.07, 6.45) is 4.98. The largest absolute Gasteiger partial charge is 0.360 e. The predicted molar refractivity (Wildman–Crippen MR) is 83.6 cm³/mol. The Morgan fingerprint density at radius 1 is 1.20 bits per heavy atom. The van der Waals surface area contributed by atoms with Gasteiger partial charge in [0.15, 0.2) is 5.76 Å². The molecule has 0 bridgehead atoms. The minimum absolute atomic E-state index is 0.473. The average molecular weight is 281 g/mol. The topological polar surface area (TPSA) is 41.3 Å². The molecule has 20 heavy (non-hydrogen) atoms. The number of aromatic nitrogens is 1. The van der Waals surface area contributed by atoms with Crippen LogP contribution in [-0.2, 0) is 13.1 Å². The van der Waals surface area contributed by atoms with Gasteiger partial charge in [-0.1, -0.05) is 45.7 Å². The quantitative estimate of drug-likeness (QED) is 0.673. The van der Waals surface area contributed by atoms with Crippen molar-refractivity contribution in [3.63, 3.8) is 0 Å². The first-order chi connectivity index (χ1) is 9.65. The van der Waals surface area contributed by atoms with Gasteiger partial charge in [0.2, 0.25) is 0 Å². The first kappa shape index (κ1) is 17.2. The Bertz CT molecular complexity index is 341. The molecule has 0 aliphatic heterocycles. The van der Waals surface area contributed by atoms with Crippen LogP contribution in [0.15, 0.2) is 10.6 Å². The number of nitrogens with one attached hydrogen (secondary N) is 1. The van der Waals surface area contributed by atoms with E-state index in [4.69, 9.17) is 4.52 Å². The van der Waals surface area contributed by atoms with E-state index in [2.05, 4.69) is 49.1 Å². The Balaban J connectivity index is 2.45. The van der Waals surface area contributed by atoms with Gasteiger partial charge in [0.05, 0.1) is 12.2 Å². The Labute approximate surface area is 123 Å². The molecule has 0 unspecified atom stereocenters. The second-order valence-electron chi connectivity index (χ2n) is 5.80. The summed E-state index contributed by atoms with van der Waals surface area (Å²) in [4.78, 5) is 2.48. The second-order valence-corrected chi connectivity index (χ2v) is 5.80. The SMILES string of the molecule is CCCCN(CCCC)Cc1cc(CNC(C)C)no1. The van der Waals surface area contributed by atoms with E-state index in [1.807, 2.05) is 0 Å². The number of nitrogens with zero attached hydrogens (tertiary/aromatic N) is 2. The molecule has 1 aromatic heterocycles. The fourth-order valence-electron chi connectivity index (χ4n) is 2.08. The summed E-state index contributed by atoms with van der Waals surface area (Å²) in [6.45, 7) is 12.7. The molecule has 1 aromatic rings. The van der Waals surface area contributed by atoms with Crippen molar-refractivity contribution in [2.24, 2.45) is 0 Å². The normalized spacial score (nSPS) is 11.7. The number of unbranched alkanes of at least 4 members (excludes halogenated alkanes) is 2. The third-order valence-electron chi connectivity index (χ3n) is 3.33. The Morgan fingerprint density at radius 3 is 2.40 bits per heavy atom. The lowest BCUT2D eigenvalue weighted by Crippen LogP contribution is -2.25. The van der Waals surface area contributed by atoms with Crippen LogP contribution < -0.4 is 5.32 Å². The molecule has 0 aliphatic carbocycles. The van der Waals surface area contributed by atoms with Crippen LogP contribution in [0.3, 0.4) is 0 Å². The number of rotatable bonds is 11. The highest BCUT2D eigenvalue weighted by molar-refractivity contribution is 5.05. The fraction of sp³-hybridized carbons (Fsp3) is 0.812. The highest BCUT2D eigenvalue weighted by atomic mass is 16.5. The molecular weight excluding hydrogens is 250 g/mol. The molecule has 0 saturated heterocycles. The van der Waals surface area contributed by atoms with Crippen LogP contribution in [0.25, 0.3) is 0 Å². The first-order valence-electron chi connectivity index (χ1n) is 8.05. The highest BCUT2D eigenvalue weighted by Gasteiger charge is 2.10. The van der Waals surface area contributed by atoms with Gasteiger partial charge >= 0.3 is 0 Å². The van der Waals surface area contributed by atoms with Crippen molar-refractivity contribution in [1.29, 1.82) is 0 Å². The Kier molecular flexibility index (Phi) is 8.54. The van der Waals surface area contributed by atoms with Crippen LogP contribution in [0.5, 0.6) is 0 Å². The third-order valence-corrected chi connectivity index (χ3v) is 3.33. The molecule has 0 radical (unpaired) electrons. The van der Waals surface area contributed by atoms with Gasteiger partial charge < -0.3 is 9.84 Å². The van der Waals surface area contributed by atoms with Gasteiger partial charge in [-0.25, -0.2) is 0 Å². The van der Waals surface area contributed by atoms with E-state index in [0.29, 0.717) is 6.04 Å². The minimum atomic E-state index is 0.473. The summed E-state index contributed by atoms with van der Waals surface area (Å²) < 4.78 is 5.46. The summed E-state index contributed by atoms with van der Waals surface area (Å²) in [5.74, 6) is 0.984. The van der Waals surface area contributed by atoms with Crippen LogP contribution >= 0.6 is 0 Å². The molecule has 0 saturated carbocycles. The van der Waals surface area contributed by atoms with Crippen LogP contribution in [0, 0.1) is 0 Å². The molecule has 1 N–H and O–H groups in total. The van der Waals surface area contributed by atoms with Gasteiger partial charge in [-0.15, -0.1) is 0 Å². The maximum absolute atomic E-state index is 5.46. The minimum Gasteiger partial charge on any atom is -0.360 e. The molecular formula is C16H31N3O. The van der Waals surface area contributed by atoms with Crippen LogP contribution in [0.1, 0.15) is 64.8 Å². The van der Waals surface area contributed by atoms with E-state index in [1.165, 1.54) is 25.7 Å². The predicted octanol–water partition coefficient (Wildman–Crippen LogP) is 3.57. The number of hydrogen-bond donors (Lipinski definition) is 1. The molecule has 1 rings (SSSR count). The van der Waals surface area contributed by atoms with Crippen molar-refractivity contribution in [2.45, 2.75) is 72.5 Å². The average Bonchev–Trinajstić information content (AvgIpc) is 2.87. The van der Waals surface area contributed by atoms with E-state index in [0.717, 1.165) is 37.6 Å². The summed E-state index contributed by atoms with van der Waals surface area (Å²) in [5.41, 5.74) is 1.000. The third kappa shape index (κ3) is 7.06. The van der Waals surface area contributed by atoms with E-state index < -0.39 is 0 Å². The number of hydrogen-bond acceptors (Lipinski definition) is 4. The molecule has 4 heteroatoms. The molecule has 0 atom stereocenters. The molecule has 0 aliphatic rings. The summed E-state index contributed by atoms with van der Waals surface area (Å²) in [6, 6.07) is 2.56. The van der Waals surface area contributed by atoms with Gasteiger partial charge in [0.1, 0.15) is 0 Å². The lowest BCUT2D eigenvalue weighted by atomic mass is 10.2.